The van der Waals surface area contributed by atoms with Gasteiger partial charge in [0.1, 0.15) is 0 Å². The van der Waals surface area contributed by atoms with Crippen molar-refractivity contribution in [3.63, 3.8) is 0 Å². The molecule has 1 aromatic carbocycles. The number of carbonyl (C=O) groups excluding carboxylic acids is 1. The molecular weight excluding hydrogens is 402 g/mol. The minimum Gasteiger partial charge on any atom is -0.381 e. The van der Waals surface area contributed by atoms with Crippen molar-refractivity contribution in [2.24, 2.45) is 10.6 Å². The molecule has 3 aliphatic rings. The third kappa shape index (κ3) is 4.82. The Balaban J connectivity index is 1.38. The maximum Gasteiger partial charge on any atom is 0.267 e. The summed E-state index contributed by atoms with van der Waals surface area (Å²) in [6, 6.07) is 7.52. The first-order chi connectivity index (χ1) is 14.5. The second-order valence-electron chi connectivity index (χ2n) is 9.15. The van der Waals surface area contributed by atoms with E-state index in [0.29, 0.717) is 23.7 Å². The van der Waals surface area contributed by atoms with E-state index < -0.39 is 5.60 Å². The maximum absolute atomic E-state index is 13.1. The van der Waals surface area contributed by atoms with Crippen molar-refractivity contribution < 1.29 is 14.4 Å². The van der Waals surface area contributed by atoms with Crippen molar-refractivity contribution in [1.82, 2.24) is 10.2 Å². The Morgan fingerprint density at radius 3 is 2.67 bits per heavy atom. The molecular formula is C23H32ClN3O3. The number of rotatable bonds is 6. The van der Waals surface area contributed by atoms with E-state index in [1.807, 2.05) is 24.3 Å². The molecule has 1 unspecified atom stereocenters. The van der Waals surface area contributed by atoms with Crippen molar-refractivity contribution in [1.29, 1.82) is 0 Å². The van der Waals surface area contributed by atoms with Gasteiger partial charge in [-0.05, 0) is 51.8 Å². The van der Waals surface area contributed by atoms with Gasteiger partial charge in [-0.3, -0.25) is 4.79 Å². The van der Waals surface area contributed by atoms with Crippen LogP contribution < -0.4 is 5.32 Å². The summed E-state index contributed by atoms with van der Waals surface area (Å²) in [4.78, 5) is 21.3. The molecule has 1 atom stereocenters. The van der Waals surface area contributed by atoms with E-state index in [4.69, 9.17) is 21.2 Å². The number of benzene rings is 1. The zero-order valence-corrected chi connectivity index (χ0v) is 18.5. The molecule has 1 amide bonds. The molecule has 3 heterocycles. The first kappa shape index (κ1) is 21.6. The highest BCUT2D eigenvalue weighted by Gasteiger charge is 2.44. The first-order valence-corrected chi connectivity index (χ1v) is 11.5. The minimum absolute atomic E-state index is 0.0621. The number of halogens is 1. The molecule has 2 saturated heterocycles. The van der Waals surface area contributed by atoms with Gasteiger partial charge in [-0.1, -0.05) is 41.4 Å². The van der Waals surface area contributed by atoms with Crippen LogP contribution in [-0.4, -0.2) is 61.5 Å². The molecule has 1 N–H and O–H groups in total. The second kappa shape index (κ2) is 9.25. The van der Waals surface area contributed by atoms with Crippen molar-refractivity contribution in [3.8, 4) is 0 Å². The fourth-order valence-electron chi connectivity index (χ4n) is 4.74. The van der Waals surface area contributed by atoms with Crippen molar-refractivity contribution in [2.75, 3.05) is 39.4 Å². The molecule has 1 aromatic rings. The number of likely N-dealkylation sites (tertiary alicyclic amines) is 1. The number of ether oxygens (including phenoxy) is 1. The number of carbonyl (C=O) groups is 1. The SMILES string of the molecule is CC1(C(=O)NCC2(CN3CCCCC3)CCOCC2)CC(c2ccccc2Cl)=NO1. The predicted molar refractivity (Wildman–Crippen MR) is 118 cm³/mol. The number of hydrogen-bond acceptors (Lipinski definition) is 5. The van der Waals surface area contributed by atoms with Crippen LogP contribution in [0.2, 0.25) is 5.02 Å². The number of amides is 1. The van der Waals surface area contributed by atoms with E-state index in [-0.39, 0.29) is 11.3 Å². The van der Waals surface area contributed by atoms with Crippen LogP contribution in [0.5, 0.6) is 0 Å². The lowest BCUT2D eigenvalue weighted by Crippen LogP contribution is -2.53. The Morgan fingerprint density at radius 1 is 1.20 bits per heavy atom. The maximum atomic E-state index is 13.1. The quantitative estimate of drug-likeness (QED) is 0.744. The largest absolute Gasteiger partial charge is 0.381 e. The van der Waals surface area contributed by atoms with Gasteiger partial charge < -0.3 is 19.8 Å². The van der Waals surface area contributed by atoms with Crippen LogP contribution in [0.4, 0.5) is 0 Å². The molecule has 0 radical (unpaired) electrons. The van der Waals surface area contributed by atoms with Crippen LogP contribution in [0.25, 0.3) is 0 Å². The van der Waals surface area contributed by atoms with Crippen molar-refractivity contribution in [2.45, 2.75) is 51.0 Å². The third-order valence-electron chi connectivity index (χ3n) is 6.71. The molecule has 0 saturated carbocycles. The van der Waals surface area contributed by atoms with Gasteiger partial charge in [-0.2, -0.15) is 0 Å². The smallest absolute Gasteiger partial charge is 0.267 e. The summed E-state index contributed by atoms with van der Waals surface area (Å²) in [7, 11) is 0. The summed E-state index contributed by atoms with van der Waals surface area (Å²) >= 11 is 6.30. The molecule has 6 nitrogen and oxygen atoms in total. The minimum atomic E-state index is -1.01. The van der Waals surface area contributed by atoms with Gasteiger partial charge >= 0.3 is 0 Å². The summed E-state index contributed by atoms with van der Waals surface area (Å²) in [6.45, 7) is 7.31. The van der Waals surface area contributed by atoms with Gasteiger partial charge in [0.2, 0.25) is 5.60 Å². The zero-order valence-electron chi connectivity index (χ0n) is 17.8. The summed E-state index contributed by atoms with van der Waals surface area (Å²) < 4.78 is 5.63. The average Bonchev–Trinajstić information content (AvgIpc) is 3.17. The van der Waals surface area contributed by atoms with E-state index in [0.717, 1.165) is 51.3 Å². The molecule has 3 aliphatic heterocycles. The Bertz CT molecular complexity index is 788. The average molecular weight is 434 g/mol. The van der Waals surface area contributed by atoms with E-state index >= 15 is 0 Å². The zero-order chi connectivity index (χ0) is 21.0. The van der Waals surface area contributed by atoms with Gasteiger partial charge in [0.25, 0.3) is 5.91 Å². The highest BCUT2D eigenvalue weighted by Crippen LogP contribution is 2.33. The predicted octanol–water partition coefficient (Wildman–Crippen LogP) is 3.62. The number of nitrogens with one attached hydrogen (secondary N) is 1. The van der Waals surface area contributed by atoms with Crippen molar-refractivity contribution in [3.05, 3.63) is 34.9 Å². The van der Waals surface area contributed by atoms with E-state index in [9.17, 15) is 4.79 Å². The van der Waals surface area contributed by atoms with Crippen LogP contribution in [0.1, 0.15) is 51.0 Å². The Kier molecular flexibility index (Phi) is 6.66. The highest BCUT2D eigenvalue weighted by atomic mass is 35.5. The molecule has 7 heteroatoms. The van der Waals surface area contributed by atoms with Gasteiger partial charge in [-0.25, -0.2) is 0 Å². The first-order valence-electron chi connectivity index (χ1n) is 11.1. The summed E-state index contributed by atoms with van der Waals surface area (Å²) in [5, 5.41) is 8.01. The van der Waals surface area contributed by atoms with E-state index in [2.05, 4.69) is 15.4 Å². The summed E-state index contributed by atoms with van der Waals surface area (Å²) in [6.07, 6.45) is 6.23. The van der Waals surface area contributed by atoms with Crippen molar-refractivity contribution >= 4 is 23.2 Å². The number of piperidine rings is 1. The normalized spacial score (nSPS) is 26.7. The molecule has 0 bridgehead atoms. The van der Waals surface area contributed by atoms with Crippen LogP contribution in [0.3, 0.4) is 0 Å². The Labute approximate surface area is 183 Å². The Morgan fingerprint density at radius 2 is 1.93 bits per heavy atom. The Hall–Kier alpha value is -1.63. The standard InChI is InChI=1S/C23H32ClN3O3/c1-22(15-20(26-30-22)18-7-3-4-8-19(18)24)21(28)25-16-23(9-13-29-14-10-23)17-27-11-5-2-6-12-27/h3-4,7-8H,2,5-6,9-17H2,1H3,(H,25,28). The van der Waals surface area contributed by atoms with Gasteiger partial charge in [0.15, 0.2) is 0 Å². The van der Waals surface area contributed by atoms with Crippen LogP contribution >= 0.6 is 11.6 Å². The molecule has 164 valence electrons. The molecule has 0 aromatic heterocycles. The van der Waals surface area contributed by atoms with E-state index in [1.54, 1.807) is 6.92 Å². The molecule has 4 rings (SSSR count). The lowest BCUT2D eigenvalue weighted by molar-refractivity contribution is -0.142. The second-order valence-corrected chi connectivity index (χ2v) is 9.56. The van der Waals surface area contributed by atoms with E-state index in [1.165, 1.54) is 19.3 Å². The fraction of sp³-hybridized carbons (Fsp3) is 0.652. The number of hydrogen-bond donors (Lipinski definition) is 1. The van der Waals surface area contributed by atoms with Gasteiger partial charge in [-0.15, -0.1) is 0 Å². The van der Waals surface area contributed by atoms with Gasteiger partial charge in [0.05, 0.1) is 5.71 Å². The van der Waals surface area contributed by atoms with Crippen LogP contribution in [0, 0.1) is 5.41 Å². The lowest BCUT2D eigenvalue weighted by atomic mass is 9.79. The lowest BCUT2D eigenvalue weighted by Gasteiger charge is -2.42. The number of nitrogens with zero attached hydrogens (tertiary/aromatic N) is 2. The third-order valence-corrected chi connectivity index (χ3v) is 7.04. The van der Waals surface area contributed by atoms with Crippen LogP contribution in [-0.2, 0) is 14.4 Å². The molecule has 0 spiro atoms. The fourth-order valence-corrected chi connectivity index (χ4v) is 4.99. The molecule has 2 fully saturated rings. The topological polar surface area (TPSA) is 63.2 Å². The van der Waals surface area contributed by atoms with Crippen LogP contribution in [0.15, 0.2) is 29.4 Å². The van der Waals surface area contributed by atoms with Gasteiger partial charge in [0, 0.05) is 48.7 Å². The summed E-state index contributed by atoms with van der Waals surface area (Å²) in [5.41, 5.74) is 0.590. The highest BCUT2D eigenvalue weighted by molar-refractivity contribution is 6.34. The molecule has 0 aliphatic carbocycles. The monoisotopic (exact) mass is 433 g/mol. The summed E-state index contributed by atoms with van der Waals surface area (Å²) in [5.74, 6) is -0.113. The molecule has 30 heavy (non-hydrogen) atoms. The number of oxime groups is 1.